The van der Waals surface area contributed by atoms with Gasteiger partial charge in [0, 0.05) is 18.4 Å². The predicted octanol–water partition coefficient (Wildman–Crippen LogP) is 2.71. The zero-order valence-electron chi connectivity index (χ0n) is 13.0. The van der Waals surface area contributed by atoms with Crippen LogP contribution in [-0.2, 0) is 9.59 Å². The van der Waals surface area contributed by atoms with Crippen LogP contribution in [0.1, 0.15) is 58.3 Å². The molecule has 0 aromatic carbocycles. The molecule has 4 rings (SSSR count). The van der Waals surface area contributed by atoms with E-state index in [0.717, 1.165) is 32.2 Å². The van der Waals surface area contributed by atoms with E-state index in [4.69, 9.17) is 0 Å². The lowest BCUT2D eigenvalue weighted by Crippen LogP contribution is -2.59. The number of unbranched alkanes of at least 4 members (excludes halogenated alkanes) is 1. The van der Waals surface area contributed by atoms with Crippen LogP contribution in [0.4, 0.5) is 0 Å². The van der Waals surface area contributed by atoms with Crippen LogP contribution in [0.5, 0.6) is 0 Å². The van der Waals surface area contributed by atoms with Gasteiger partial charge < -0.3 is 5.11 Å². The minimum absolute atomic E-state index is 0.108. The number of Topliss-reactive ketones (excluding diaryl/α,β-unsaturated/α-hetero) is 1. The van der Waals surface area contributed by atoms with Gasteiger partial charge in [0.05, 0.1) is 0 Å². The molecule has 2 bridgehead atoms. The topological polar surface area (TPSA) is 57.6 Å². The number of carboxylic acids is 1. The molecule has 4 heteroatoms. The van der Waals surface area contributed by atoms with E-state index < -0.39 is 5.97 Å². The molecule has 1 aliphatic heterocycles. The smallest absolute Gasteiger partial charge is 0.320 e. The Morgan fingerprint density at radius 1 is 1.33 bits per heavy atom. The van der Waals surface area contributed by atoms with Crippen molar-refractivity contribution in [2.75, 3.05) is 6.54 Å². The largest absolute Gasteiger partial charge is 0.480 e. The first-order valence-electron chi connectivity index (χ1n) is 8.64. The van der Waals surface area contributed by atoms with Gasteiger partial charge in [-0.25, -0.2) is 0 Å². The fourth-order valence-corrected chi connectivity index (χ4v) is 5.10. The molecule has 1 N–H and O–H groups in total. The van der Waals surface area contributed by atoms with Crippen LogP contribution in [0.2, 0.25) is 0 Å². The predicted molar refractivity (Wildman–Crippen MR) is 80.0 cm³/mol. The number of hydrogen-bond donors (Lipinski definition) is 1. The molecular formula is C17H27NO3. The number of hydrogen-bond acceptors (Lipinski definition) is 3. The highest BCUT2D eigenvalue weighted by molar-refractivity contribution is 5.84. The molecule has 4 aliphatic rings. The number of fused-ring (bicyclic) bond motifs is 3. The molecule has 4 nitrogen and oxygen atoms in total. The molecule has 1 heterocycles. The van der Waals surface area contributed by atoms with Gasteiger partial charge in [0.25, 0.3) is 0 Å². The highest BCUT2D eigenvalue weighted by Crippen LogP contribution is 2.48. The van der Waals surface area contributed by atoms with Crippen LogP contribution in [0.25, 0.3) is 0 Å². The summed E-state index contributed by atoms with van der Waals surface area (Å²) in [4.78, 5) is 26.1. The first-order valence-corrected chi connectivity index (χ1v) is 8.64. The monoisotopic (exact) mass is 293 g/mol. The van der Waals surface area contributed by atoms with Gasteiger partial charge in [-0.2, -0.15) is 0 Å². The second-order valence-corrected chi connectivity index (χ2v) is 7.15. The van der Waals surface area contributed by atoms with E-state index >= 15 is 0 Å². The van der Waals surface area contributed by atoms with Crippen molar-refractivity contribution in [1.82, 2.24) is 4.90 Å². The van der Waals surface area contributed by atoms with Crippen molar-refractivity contribution in [3.8, 4) is 0 Å². The zero-order valence-corrected chi connectivity index (χ0v) is 13.0. The maximum Gasteiger partial charge on any atom is 0.320 e. The van der Waals surface area contributed by atoms with Crippen LogP contribution < -0.4 is 0 Å². The lowest BCUT2D eigenvalue weighted by molar-refractivity contribution is -0.150. The number of likely N-dealkylation sites (tertiary alicyclic amines) is 1. The summed E-state index contributed by atoms with van der Waals surface area (Å²) in [6, 6.07) is -0.147. The van der Waals surface area contributed by atoms with Gasteiger partial charge in [-0.05, 0) is 50.5 Å². The highest BCUT2D eigenvalue weighted by atomic mass is 16.4. The van der Waals surface area contributed by atoms with E-state index in [1.54, 1.807) is 0 Å². The average Bonchev–Trinajstić information content (AvgIpc) is 2.94. The van der Waals surface area contributed by atoms with Crippen molar-refractivity contribution in [1.29, 1.82) is 0 Å². The fourth-order valence-electron chi connectivity index (χ4n) is 5.10. The number of rotatable bonds is 5. The van der Waals surface area contributed by atoms with Crippen molar-refractivity contribution in [3.63, 3.8) is 0 Å². The van der Waals surface area contributed by atoms with Gasteiger partial charge >= 0.3 is 5.97 Å². The van der Waals surface area contributed by atoms with Gasteiger partial charge in [-0.15, -0.1) is 0 Å². The molecule has 118 valence electrons. The molecule has 0 aromatic rings. The van der Waals surface area contributed by atoms with Gasteiger partial charge in [0.2, 0.25) is 0 Å². The molecule has 0 aromatic heterocycles. The van der Waals surface area contributed by atoms with Crippen molar-refractivity contribution < 1.29 is 14.7 Å². The number of nitrogens with zero attached hydrogens (tertiary/aromatic N) is 1. The molecule has 0 spiro atoms. The lowest BCUT2D eigenvalue weighted by Gasteiger charge is -2.52. The Morgan fingerprint density at radius 3 is 2.81 bits per heavy atom. The van der Waals surface area contributed by atoms with Crippen molar-refractivity contribution >= 4 is 11.8 Å². The third kappa shape index (κ3) is 2.63. The normalized spacial score (nSPS) is 39.9. The van der Waals surface area contributed by atoms with E-state index in [2.05, 4.69) is 11.8 Å². The summed E-state index contributed by atoms with van der Waals surface area (Å²) in [5, 5.41) is 9.49. The fraction of sp³-hybridized carbons (Fsp3) is 0.882. The van der Waals surface area contributed by atoms with Gasteiger partial charge in [0.1, 0.15) is 11.8 Å². The van der Waals surface area contributed by atoms with Crippen LogP contribution in [-0.4, -0.2) is 40.4 Å². The number of ketones is 1. The Balaban J connectivity index is 1.84. The Labute approximate surface area is 126 Å². The minimum atomic E-state index is -0.698. The molecule has 5 atom stereocenters. The zero-order chi connectivity index (χ0) is 15.0. The third-order valence-corrected chi connectivity index (χ3v) is 6.04. The summed E-state index contributed by atoms with van der Waals surface area (Å²) in [6.07, 6.45) is 8.16. The molecular weight excluding hydrogens is 266 g/mol. The van der Waals surface area contributed by atoms with Crippen LogP contribution in [0.15, 0.2) is 0 Å². The number of carbonyl (C=O) groups is 2. The molecule has 21 heavy (non-hydrogen) atoms. The molecule has 3 aliphatic carbocycles. The Hall–Kier alpha value is -0.900. The summed E-state index contributed by atoms with van der Waals surface area (Å²) < 4.78 is 0. The summed E-state index contributed by atoms with van der Waals surface area (Å²) in [7, 11) is 0. The standard InChI is InChI=1S/C17H27NO3/c1-2-3-5-12-11-7-8-13(15(19)10-11)16(12)18-9-4-6-14(18)17(20)21/h11-14,16H,2-10H2,1H3,(H,20,21)/t11-,12+,13+,14+,16-/m1/s1. The second kappa shape index (κ2) is 6.07. The summed E-state index contributed by atoms with van der Waals surface area (Å²) in [6.45, 7) is 3.07. The Kier molecular flexibility index (Phi) is 4.34. The molecule has 0 amide bonds. The van der Waals surface area contributed by atoms with Gasteiger partial charge in [0.15, 0.2) is 0 Å². The molecule has 0 unspecified atom stereocenters. The third-order valence-electron chi connectivity index (χ3n) is 6.04. The van der Waals surface area contributed by atoms with Crippen LogP contribution in [0, 0.1) is 17.8 Å². The van der Waals surface area contributed by atoms with E-state index in [9.17, 15) is 14.7 Å². The maximum absolute atomic E-state index is 12.3. The molecule has 4 fully saturated rings. The van der Waals surface area contributed by atoms with Gasteiger partial charge in [-0.1, -0.05) is 19.8 Å². The number of carbonyl (C=O) groups excluding carboxylic acids is 1. The maximum atomic E-state index is 12.3. The van der Waals surface area contributed by atoms with E-state index in [-0.39, 0.29) is 18.0 Å². The molecule has 3 saturated carbocycles. The molecule has 0 radical (unpaired) electrons. The van der Waals surface area contributed by atoms with Crippen LogP contribution >= 0.6 is 0 Å². The van der Waals surface area contributed by atoms with Crippen molar-refractivity contribution in [3.05, 3.63) is 0 Å². The number of aliphatic carboxylic acids is 1. The van der Waals surface area contributed by atoms with E-state index in [0.29, 0.717) is 17.6 Å². The van der Waals surface area contributed by atoms with Crippen molar-refractivity contribution in [2.45, 2.75) is 70.4 Å². The summed E-state index contributed by atoms with van der Waals surface area (Å²) in [5.74, 6) is 0.864. The SMILES string of the molecule is CCCC[C@H]1[C@@H]2CC[C@@H](C(=O)C2)[C@@H]1N1CCC[C@H]1C(=O)O. The molecule has 1 saturated heterocycles. The lowest BCUT2D eigenvalue weighted by atomic mass is 9.59. The van der Waals surface area contributed by atoms with Gasteiger partial charge in [-0.3, -0.25) is 14.5 Å². The first kappa shape index (κ1) is 15.0. The Bertz CT molecular complexity index is 422. The minimum Gasteiger partial charge on any atom is -0.480 e. The second-order valence-electron chi connectivity index (χ2n) is 7.15. The quantitative estimate of drug-likeness (QED) is 0.846. The average molecular weight is 293 g/mol. The summed E-state index contributed by atoms with van der Waals surface area (Å²) >= 11 is 0. The number of carboxylic acid groups (broad SMARTS) is 1. The van der Waals surface area contributed by atoms with E-state index in [1.165, 1.54) is 25.7 Å². The Morgan fingerprint density at radius 2 is 2.14 bits per heavy atom. The summed E-state index contributed by atoms with van der Waals surface area (Å²) in [5.41, 5.74) is 0. The van der Waals surface area contributed by atoms with E-state index in [1.807, 2.05) is 0 Å². The van der Waals surface area contributed by atoms with Crippen molar-refractivity contribution in [2.24, 2.45) is 17.8 Å². The first-order chi connectivity index (χ1) is 10.1. The highest BCUT2D eigenvalue weighted by Gasteiger charge is 2.52. The van der Waals surface area contributed by atoms with Crippen LogP contribution in [0.3, 0.4) is 0 Å².